The summed E-state index contributed by atoms with van der Waals surface area (Å²) in [5, 5.41) is 9.18. The van der Waals surface area contributed by atoms with Crippen LogP contribution in [0, 0.1) is 13.8 Å². The second-order valence-corrected chi connectivity index (χ2v) is 7.28. The van der Waals surface area contributed by atoms with Crippen molar-refractivity contribution in [1.29, 1.82) is 0 Å². The van der Waals surface area contributed by atoms with Crippen molar-refractivity contribution < 1.29 is 0 Å². The third-order valence-corrected chi connectivity index (χ3v) is 5.67. The van der Waals surface area contributed by atoms with Gasteiger partial charge in [-0.2, -0.15) is 5.10 Å². The molecule has 134 valence electrons. The Morgan fingerprint density at radius 3 is 2.60 bits per heavy atom. The highest BCUT2D eigenvalue weighted by Gasteiger charge is 2.20. The van der Waals surface area contributed by atoms with Crippen LogP contribution in [-0.4, -0.2) is 50.9 Å². The van der Waals surface area contributed by atoms with Gasteiger partial charge in [0.05, 0.1) is 6.20 Å². The summed E-state index contributed by atoms with van der Waals surface area (Å²) in [5.41, 5.74) is 4.53. The molecule has 0 unspecified atom stereocenters. The van der Waals surface area contributed by atoms with Crippen molar-refractivity contribution >= 4 is 34.6 Å². The molecule has 1 aliphatic rings. The minimum absolute atomic E-state index is 0.754. The lowest BCUT2D eigenvalue weighted by Gasteiger charge is -2.36. The van der Waals surface area contributed by atoms with Gasteiger partial charge in [-0.25, -0.2) is 0 Å². The van der Waals surface area contributed by atoms with Gasteiger partial charge in [-0.05, 0) is 43.8 Å². The highest BCUT2D eigenvalue weighted by Crippen LogP contribution is 2.23. The molecule has 1 fully saturated rings. The van der Waals surface area contributed by atoms with Crippen molar-refractivity contribution in [2.24, 2.45) is 7.05 Å². The molecule has 7 heteroatoms. The van der Waals surface area contributed by atoms with E-state index in [1.165, 1.54) is 11.3 Å². The molecule has 1 aromatic heterocycles. The molecule has 0 amide bonds. The minimum Gasteiger partial charge on any atom is -0.346 e. The molecule has 0 saturated carbocycles. The summed E-state index contributed by atoms with van der Waals surface area (Å²) < 4.78 is 1.93. The van der Waals surface area contributed by atoms with Crippen LogP contribution in [-0.2, 0) is 13.6 Å². The molecule has 2 aromatic rings. The zero-order valence-electron chi connectivity index (χ0n) is 14.9. The highest BCUT2D eigenvalue weighted by atomic mass is 35.5. The van der Waals surface area contributed by atoms with Crippen molar-refractivity contribution in [3.05, 3.63) is 46.2 Å². The van der Waals surface area contributed by atoms with E-state index in [1.807, 2.05) is 43.0 Å². The van der Waals surface area contributed by atoms with Crippen molar-refractivity contribution in [3.8, 4) is 0 Å². The predicted octanol–water partition coefficient (Wildman–Crippen LogP) is 3.20. The van der Waals surface area contributed by atoms with Crippen LogP contribution in [0.4, 0.5) is 5.69 Å². The first-order valence-corrected chi connectivity index (χ1v) is 9.25. The number of hydrogen-bond donors (Lipinski definition) is 1. The van der Waals surface area contributed by atoms with Crippen LogP contribution in [0.15, 0.2) is 24.4 Å². The van der Waals surface area contributed by atoms with E-state index < -0.39 is 0 Å². The van der Waals surface area contributed by atoms with Gasteiger partial charge < -0.3 is 10.2 Å². The highest BCUT2D eigenvalue weighted by molar-refractivity contribution is 7.80. The van der Waals surface area contributed by atoms with Gasteiger partial charge in [0.2, 0.25) is 0 Å². The number of piperazine rings is 1. The summed E-state index contributed by atoms with van der Waals surface area (Å²) in [7, 11) is 1.98. The smallest absolute Gasteiger partial charge is 0.173 e. The molecular formula is C18H24ClN5S. The largest absolute Gasteiger partial charge is 0.346 e. The van der Waals surface area contributed by atoms with Crippen molar-refractivity contribution in [2.45, 2.75) is 20.4 Å². The van der Waals surface area contributed by atoms with Crippen LogP contribution in [0.1, 0.15) is 16.8 Å². The zero-order valence-corrected chi connectivity index (χ0v) is 16.5. The Balaban J connectivity index is 1.54. The number of hydrogen-bond acceptors (Lipinski definition) is 3. The Morgan fingerprint density at radius 2 is 1.96 bits per heavy atom. The fourth-order valence-corrected chi connectivity index (χ4v) is 3.45. The van der Waals surface area contributed by atoms with Gasteiger partial charge in [0.15, 0.2) is 5.11 Å². The Kier molecular flexibility index (Phi) is 5.61. The van der Waals surface area contributed by atoms with E-state index in [0.29, 0.717) is 0 Å². The maximum Gasteiger partial charge on any atom is 0.173 e. The lowest BCUT2D eigenvalue weighted by molar-refractivity contribution is 0.176. The summed E-state index contributed by atoms with van der Waals surface area (Å²) in [6.45, 7) is 8.89. The fourth-order valence-electron chi connectivity index (χ4n) is 2.99. The molecule has 0 radical (unpaired) electrons. The van der Waals surface area contributed by atoms with Gasteiger partial charge in [0, 0.05) is 61.7 Å². The van der Waals surface area contributed by atoms with Crippen LogP contribution in [0.5, 0.6) is 0 Å². The quantitative estimate of drug-likeness (QED) is 0.831. The van der Waals surface area contributed by atoms with Crippen LogP contribution >= 0.6 is 23.8 Å². The monoisotopic (exact) mass is 377 g/mol. The average molecular weight is 378 g/mol. The average Bonchev–Trinajstić information content (AvgIpc) is 2.91. The second kappa shape index (κ2) is 7.72. The molecule has 1 aromatic carbocycles. The first kappa shape index (κ1) is 18.2. The Morgan fingerprint density at radius 1 is 1.24 bits per heavy atom. The Bertz CT molecular complexity index is 765. The maximum absolute atomic E-state index is 6.18. The number of halogens is 1. The van der Waals surface area contributed by atoms with Crippen molar-refractivity contribution in [3.63, 3.8) is 0 Å². The van der Waals surface area contributed by atoms with E-state index >= 15 is 0 Å². The molecule has 1 saturated heterocycles. The van der Waals surface area contributed by atoms with Crippen LogP contribution < -0.4 is 5.32 Å². The number of thiocarbonyl (C=S) groups is 1. The number of rotatable bonds is 3. The molecule has 1 aliphatic heterocycles. The summed E-state index contributed by atoms with van der Waals surface area (Å²) in [6, 6.07) is 5.84. The number of nitrogens with zero attached hydrogens (tertiary/aromatic N) is 4. The normalized spacial score (nSPS) is 15.4. The predicted molar refractivity (Wildman–Crippen MR) is 107 cm³/mol. The van der Waals surface area contributed by atoms with E-state index in [0.717, 1.165) is 54.1 Å². The number of benzene rings is 1. The molecule has 0 atom stereocenters. The molecule has 0 bridgehead atoms. The fraction of sp³-hybridized carbons (Fsp3) is 0.444. The summed E-state index contributed by atoms with van der Waals surface area (Å²) in [6.07, 6.45) is 1.97. The molecular weight excluding hydrogens is 354 g/mol. The van der Waals surface area contributed by atoms with E-state index in [2.05, 4.69) is 27.1 Å². The number of anilines is 1. The first-order chi connectivity index (χ1) is 12.0. The second-order valence-electron chi connectivity index (χ2n) is 6.48. The lowest BCUT2D eigenvalue weighted by atomic mass is 10.2. The van der Waals surface area contributed by atoms with Gasteiger partial charge in [-0.1, -0.05) is 17.7 Å². The summed E-state index contributed by atoms with van der Waals surface area (Å²) in [5.74, 6) is 0. The standard InChI is InChI=1S/C18H24ClN5S/c1-13-16(19)5-4-6-17(13)21-18(25)24-9-7-23(8-10-24)12-15-11-20-22(3)14(15)2/h4-6,11H,7-10,12H2,1-3H3,(H,21,25). The molecule has 3 rings (SSSR count). The molecule has 1 N–H and O–H groups in total. The van der Waals surface area contributed by atoms with Crippen LogP contribution in [0.25, 0.3) is 0 Å². The molecule has 0 spiro atoms. The van der Waals surface area contributed by atoms with Gasteiger partial charge in [0.1, 0.15) is 0 Å². The number of aryl methyl sites for hydroxylation is 1. The van der Waals surface area contributed by atoms with E-state index in [-0.39, 0.29) is 0 Å². The Hall–Kier alpha value is -1.63. The van der Waals surface area contributed by atoms with Gasteiger partial charge in [0.25, 0.3) is 0 Å². The van der Waals surface area contributed by atoms with Gasteiger partial charge in [-0.15, -0.1) is 0 Å². The summed E-state index contributed by atoms with van der Waals surface area (Å²) >= 11 is 11.8. The van der Waals surface area contributed by atoms with Crippen molar-refractivity contribution in [2.75, 3.05) is 31.5 Å². The molecule has 0 aliphatic carbocycles. The van der Waals surface area contributed by atoms with Gasteiger partial charge >= 0.3 is 0 Å². The van der Waals surface area contributed by atoms with E-state index in [4.69, 9.17) is 23.8 Å². The molecule has 2 heterocycles. The lowest BCUT2D eigenvalue weighted by Crippen LogP contribution is -2.49. The van der Waals surface area contributed by atoms with E-state index in [1.54, 1.807) is 0 Å². The molecule has 5 nitrogen and oxygen atoms in total. The zero-order chi connectivity index (χ0) is 18.0. The maximum atomic E-state index is 6.18. The molecule has 25 heavy (non-hydrogen) atoms. The van der Waals surface area contributed by atoms with Crippen LogP contribution in [0.2, 0.25) is 5.02 Å². The topological polar surface area (TPSA) is 36.3 Å². The van der Waals surface area contributed by atoms with Gasteiger partial charge in [-0.3, -0.25) is 9.58 Å². The number of aromatic nitrogens is 2. The van der Waals surface area contributed by atoms with Crippen molar-refractivity contribution in [1.82, 2.24) is 19.6 Å². The van der Waals surface area contributed by atoms with Crippen LogP contribution in [0.3, 0.4) is 0 Å². The first-order valence-electron chi connectivity index (χ1n) is 8.46. The van der Waals surface area contributed by atoms with E-state index in [9.17, 15) is 0 Å². The SMILES string of the molecule is Cc1c(Cl)cccc1NC(=S)N1CCN(Cc2cnn(C)c2C)CC1. The minimum atomic E-state index is 0.754. The Labute approximate surface area is 159 Å². The number of nitrogens with one attached hydrogen (secondary N) is 1. The third kappa shape index (κ3) is 4.14. The third-order valence-electron chi connectivity index (χ3n) is 4.90. The summed E-state index contributed by atoms with van der Waals surface area (Å²) in [4.78, 5) is 4.68.